The summed E-state index contributed by atoms with van der Waals surface area (Å²) in [4.78, 5) is 0. The highest BCUT2D eigenvalue weighted by atomic mass is 16.5. The highest BCUT2D eigenvalue weighted by Crippen LogP contribution is 2.07. The van der Waals surface area contributed by atoms with Crippen LogP contribution in [0.4, 0.5) is 0 Å². The summed E-state index contributed by atoms with van der Waals surface area (Å²) in [6.45, 7) is 4.68. The van der Waals surface area contributed by atoms with E-state index < -0.39 is 0 Å². The number of para-hydroxylation sites is 1. The maximum absolute atomic E-state index is 5.53. The largest absolute Gasteiger partial charge is 0.491 e. The predicted octanol–water partition coefficient (Wildman–Crippen LogP) is 1.45. The molecule has 1 atom stereocenters. The molecule has 0 fully saturated rings. The van der Waals surface area contributed by atoms with Crippen LogP contribution in [0.3, 0.4) is 0 Å². The van der Waals surface area contributed by atoms with Gasteiger partial charge in [-0.1, -0.05) is 18.2 Å². The lowest BCUT2D eigenvalue weighted by Crippen LogP contribution is -2.29. The number of hydrogen-bond acceptors (Lipinski definition) is 4. The Morgan fingerprint density at radius 2 is 1.94 bits per heavy atom. The molecule has 4 heteroatoms. The van der Waals surface area contributed by atoms with Crippen molar-refractivity contribution in [3.05, 3.63) is 30.3 Å². The van der Waals surface area contributed by atoms with Gasteiger partial charge in [0.25, 0.3) is 0 Å². The highest BCUT2D eigenvalue weighted by Gasteiger charge is 2.05. The lowest BCUT2D eigenvalue weighted by Gasteiger charge is -2.15. The second kappa shape index (κ2) is 8.98. The number of ether oxygens (including phenoxy) is 3. The molecule has 4 nitrogen and oxygen atoms in total. The van der Waals surface area contributed by atoms with Gasteiger partial charge < -0.3 is 19.9 Å². The molecule has 1 aromatic rings. The Kier molecular flexibility index (Phi) is 7.38. The van der Waals surface area contributed by atoms with Gasteiger partial charge in [-0.25, -0.2) is 0 Å². The van der Waals surface area contributed by atoms with Gasteiger partial charge in [0.1, 0.15) is 12.4 Å². The van der Waals surface area contributed by atoms with Crippen LogP contribution in [0.15, 0.2) is 30.3 Å². The van der Waals surface area contributed by atoms with E-state index in [1.165, 1.54) is 0 Å². The summed E-state index contributed by atoms with van der Waals surface area (Å²) in [5, 5.41) is 0. The van der Waals surface area contributed by atoms with Gasteiger partial charge in [0, 0.05) is 13.2 Å². The fourth-order valence-electron chi connectivity index (χ4n) is 1.37. The minimum Gasteiger partial charge on any atom is -0.491 e. The Hall–Kier alpha value is -1.10. The molecule has 2 N–H and O–H groups in total. The van der Waals surface area contributed by atoms with Gasteiger partial charge in [-0.15, -0.1) is 0 Å². The van der Waals surface area contributed by atoms with Crippen LogP contribution >= 0.6 is 0 Å². The van der Waals surface area contributed by atoms with Crippen molar-refractivity contribution in [2.45, 2.75) is 13.0 Å². The van der Waals surface area contributed by atoms with Gasteiger partial charge >= 0.3 is 0 Å². The SMILES string of the molecule is CCOC(CN)COCCOc1ccccc1. The fourth-order valence-corrected chi connectivity index (χ4v) is 1.37. The van der Waals surface area contributed by atoms with E-state index >= 15 is 0 Å². The van der Waals surface area contributed by atoms with E-state index in [-0.39, 0.29) is 6.10 Å². The summed E-state index contributed by atoms with van der Waals surface area (Å²) in [6, 6.07) is 9.68. The fraction of sp³-hybridized carbons (Fsp3) is 0.538. The molecule has 1 aromatic carbocycles. The van der Waals surface area contributed by atoms with E-state index in [0.717, 1.165) is 5.75 Å². The van der Waals surface area contributed by atoms with E-state index in [0.29, 0.717) is 33.0 Å². The molecule has 0 radical (unpaired) electrons. The number of hydrogen-bond donors (Lipinski definition) is 1. The van der Waals surface area contributed by atoms with Gasteiger partial charge in [0.2, 0.25) is 0 Å². The molecule has 1 rings (SSSR count). The summed E-state index contributed by atoms with van der Waals surface area (Å²) in [5.41, 5.74) is 5.53. The molecule has 0 aromatic heterocycles. The molecule has 0 saturated carbocycles. The minimum atomic E-state index is -0.0169. The van der Waals surface area contributed by atoms with Crippen molar-refractivity contribution >= 4 is 0 Å². The molecular weight excluding hydrogens is 218 g/mol. The first-order chi connectivity index (χ1) is 8.36. The summed E-state index contributed by atoms with van der Waals surface area (Å²) in [7, 11) is 0. The average Bonchev–Trinajstić information content (AvgIpc) is 2.38. The van der Waals surface area contributed by atoms with Crippen molar-refractivity contribution in [1.82, 2.24) is 0 Å². The van der Waals surface area contributed by atoms with Crippen LogP contribution < -0.4 is 10.5 Å². The van der Waals surface area contributed by atoms with E-state index in [1.807, 2.05) is 37.3 Å². The monoisotopic (exact) mass is 239 g/mol. The zero-order chi connectivity index (χ0) is 12.3. The molecule has 0 aliphatic rings. The lowest BCUT2D eigenvalue weighted by atomic mass is 10.3. The average molecular weight is 239 g/mol. The second-order valence-corrected chi connectivity index (χ2v) is 3.55. The zero-order valence-electron chi connectivity index (χ0n) is 10.3. The molecule has 0 amide bonds. The van der Waals surface area contributed by atoms with Crippen LogP contribution in [0, 0.1) is 0 Å². The van der Waals surface area contributed by atoms with Crippen LogP contribution in [0.25, 0.3) is 0 Å². The molecule has 0 heterocycles. The van der Waals surface area contributed by atoms with Crippen LogP contribution in [0.2, 0.25) is 0 Å². The molecule has 0 aliphatic carbocycles. The first kappa shape index (κ1) is 14.0. The zero-order valence-corrected chi connectivity index (χ0v) is 10.3. The van der Waals surface area contributed by atoms with Crippen molar-refractivity contribution in [2.75, 3.05) is 33.0 Å². The molecule has 0 bridgehead atoms. The summed E-state index contributed by atoms with van der Waals surface area (Å²) in [5.74, 6) is 0.858. The maximum Gasteiger partial charge on any atom is 0.119 e. The van der Waals surface area contributed by atoms with Gasteiger partial charge in [-0.3, -0.25) is 0 Å². The first-order valence-corrected chi connectivity index (χ1v) is 5.94. The Bertz CT molecular complexity index is 279. The topological polar surface area (TPSA) is 53.7 Å². The smallest absolute Gasteiger partial charge is 0.119 e. The number of rotatable bonds is 9. The minimum absolute atomic E-state index is 0.0169. The summed E-state index contributed by atoms with van der Waals surface area (Å²) < 4.78 is 16.3. The van der Waals surface area contributed by atoms with Gasteiger partial charge in [0.05, 0.1) is 19.3 Å². The second-order valence-electron chi connectivity index (χ2n) is 3.55. The van der Waals surface area contributed by atoms with Crippen molar-refractivity contribution < 1.29 is 14.2 Å². The van der Waals surface area contributed by atoms with E-state index in [1.54, 1.807) is 0 Å². The van der Waals surface area contributed by atoms with Gasteiger partial charge in [0.15, 0.2) is 0 Å². The number of benzene rings is 1. The lowest BCUT2D eigenvalue weighted by molar-refractivity contribution is -0.0127. The third kappa shape index (κ3) is 6.26. The normalized spacial score (nSPS) is 12.4. The molecular formula is C13H21NO3. The molecule has 0 saturated heterocycles. The Labute approximate surface area is 103 Å². The standard InChI is InChI=1S/C13H21NO3/c1-2-16-13(10-14)11-15-8-9-17-12-6-4-3-5-7-12/h3-7,13H,2,8-11,14H2,1H3. The quantitative estimate of drug-likeness (QED) is 0.663. The Balaban J connectivity index is 2.04. The summed E-state index contributed by atoms with van der Waals surface area (Å²) in [6.07, 6.45) is -0.0169. The maximum atomic E-state index is 5.53. The van der Waals surface area contributed by atoms with E-state index in [4.69, 9.17) is 19.9 Å². The van der Waals surface area contributed by atoms with Crippen molar-refractivity contribution in [2.24, 2.45) is 5.73 Å². The van der Waals surface area contributed by atoms with Crippen LogP contribution in [0.5, 0.6) is 5.75 Å². The molecule has 1 unspecified atom stereocenters. The van der Waals surface area contributed by atoms with Gasteiger partial charge in [-0.05, 0) is 19.1 Å². The third-order valence-corrected chi connectivity index (χ3v) is 2.21. The molecule has 0 aliphatic heterocycles. The third-order valence-electron chi connectivity index (χ3n) is 2.21. The Morgan fingerprint density at radius 1 is 1.18 bits per heavy atom. The predicted molar refractivity (Wildman–Crippen MR) is 67.2 cm³/mol. The molecule has 96 valence electrons. The summed E-state index contributed by atoms with van der Waals surface area (Å²) >= 11 is 0. The van der Waals surface area contributed by atoms with Gasteiger partial charge in [-0.2, -0.15) is 0 Å². The highest BCUT2D eigenvalue weighted by molar-refractivity contribution is 5.20. The van der Waals surface area contributed by atoms with Crippen molar-refractivity contribution in [3.63, 3.8) is 0 Å². The first-order valence-electron chi connectivity index (χ1n) is 5.94. The number of nitrogens with two attached hydrogens (primary N) is 1. The van der Waals surface area contributed by atoms with Crippen LogP contribution in [-0.2, 0) is 9.47 Å². The van der Waals surface area contributed by atoms with Crippen LogP contribution in [-0.4, -0.2) is 39.1 Å². The van der Waals surface area contributed by atoms with E-state index in [2.05, 4.69) is 0 Å². The van der Waals surface area contributed by atoms with Crippen molar-refractivity contribution in [1.29, 1.82) is 0 Å². The van der Waals surface area contributed by atoms with Crippen LogP contribution in [0.1, 0.15) is 6.92 Å². The Morgan fingerprint density at radius 3 is 2.59 bits per heavy atom. The van der Waals surface area contributed by atoms with E-state index in [9.17, 15) is 0 Å². The molecule has 17 heavy (non-hydrogen) atoms. The van der Waals surface area contributed by atoms with Crippen molar-refractivity contribution in [3.8, 4) is 5.75 Å². The molecule has 0 spiro atoms.